The van der Waals surface area contributed by atoms with E-state index in [1.54, 1.807) is 6.20 Å². The van der Waals surface area contributed by atoms with Gasteiger partial charge in [-0.25, -0.2) is 9.78 Å². The molecule has 5 rings (SSSR count). The Bertz CT molecular complexity index is 1160. The highest BCUT2D eigenvalue weighted by Crippen LogP contribution is 2.38. The van der Waals surface area contributed by atoms with Gasteiger partial charge in [-0.05, 0) is 90.3 Å². The normalized spacial score (nSPS) is 24.0. The molecule has 0 aliphatic carbocycles. The number of pyridine rings is 1. The second kappa shape index (κ2) is 11.6. The van der Waals surface area contributed by atoms with E-state index in [1.807, 2.05) is 39.8 Å². The zero-order valence-corrected chi connectivity index (χ0v) is 24.5. The third kappa shape index (κ3) is 6.69. The summed E-state index contributed by atoms with van der Waals surface area (Å²) in [6.45, 7) is 11.9. The van der Waals surface area contributed by atoms with Crippen molar-refractivity contribution in [3.8, 4) is 0 Å². The molecule has 4 heterocycles. The summed E-state index contributed by atoms with van der Waals surface area (Å²) in [5, 5.41) is 6.18. The first-order chi connectivity index (χ1) is 19.1. The summed E-state index contributed by atoms with van der Waals surface area (Å²) < 4.78 is 5.45. The Balaban J connectivity index is 1.14. The lowest BCUT2D eigenvalue weighted by molar-refractivity contribution is 0.0492. The SMILES string of the molecule is C[C@H](NC(=O)c1ccc(N2C3CCC2CC(NC(=O)OC(C)(C)C)C3)nc1)c1ccc(N2CCN(C)CC2)cc1. The number of carbonyl (C=O) groups is 2. The van der Waals surface area contributed by atoms with Crippen molar-refractivity contribution in [2.24, 2.45) is 0 Å². The molecule has 9 nitrogen and oxygen atoms in total. The monoisotopic (exact) mass is 548 g/mol. The van der Waals surface area contributed by atoms with Crippen molar-refractivity contribution in [1.82, 2.24) is 20.5 Å². The second-order valence-electron chi connectivity index (χ2n) is 12.6. The Morgan fingerprint density at radius 3 is 2.20 bits per heavy atom. The number of hydrogen-bond acceptors (Lipinski definition) is 7. The summed E-state index contributed by atoms with van der Waals surface area (Å²) in [6.07, 6.45) is 5.21. The van der Waals surface area contributed by atoms with Crippen molar-refractivity contribution in [3.63, 3.8) is 0 Å². The first-order valence-electron chi connectivity index (χ1n) is 14.6. The second-order valence-corrected chi connectivity index (χ2v) is 12.6. The molecule has 0 spiro atoms. The van der Waals surface area contributed by atoms with E-state index in [9.17, 15) is 9.59 Å². The van der Waals surface area contributed by atoms with Crippen molar-refractivity contribution in [1.29, 1.82) is 0 Å². The Hall–Kier alpha value is -3.33. The van der Waals surface area contributed by atoms with Gasteiger partial charge in [-0.3, -0.25) is 4.79 Å². The molecule has 2 amide bonds. The van der Waals surface area contributed by atoms with Crippen LogP contribution in [0.1, 0.15) is 75.3 Å². The number of rotatable bonds is 6. The predicted octanol–water partition coefficient (Wildman–Crippen LogP) is 4.35. The third-order valence-corrected chi connectivity index (χ3v) is 8.34. The van der Waals surface area contributed by atoms with E-state index in [2.05, 4.69) is 56.6 Å². The van der Waals surface area contributed by atoms with Crippen LogP contribution in [-0.2, 0) is 4.74 Å². The summed E-state index contributed by atoms with van der Waals surface area (Å²) in [5.41, 5.74) is 2.36. The molecule has 1 aromatic carbocycles. The van der Waals surface area contributed by atoms with Crippen molar-refractivity contribution >= 4 is 23.5 Å². The fourth-order valence-corrected chi connectivity index (χ4v) is 6.22. The lowest BCUT2D eigenvalue weighted by Crippen LogP contribution is -2.51. The molecule has 1 aromatic heterocycles. The Labute approximate surface area is 238 Å². The molecule has 3 atom stereocenters. The standard InChI is InChI=1S/C31H44N6O3/c1-21(22-6-9-25(10-7-22)36-16-14-35(5)15-17-36)33-29(38)23-8-13-28(32-20-23)37-26-11-12-27(37)19-24(18-26)34-30(39)40-31(2,3)4/h6-10,13,20-21,24,26-27H,11-12,14-19H2,1-5H3,(H,33,38)(H,34,39)/t21-,24?,26?,27?/m0/s1. The fraction of sp³-hybridized carbons (Fsp3) is 0.581. The average molecular weight is 549 g/mol. The Kier molecular flexibility index (Phi) is 8.21. The van der Waals surface area contributed by atoms with Gasteiger partial charge in [0.25, 0.3) is 5.91 Å². The van der Waals surface area contributed by atoms with E-state index in [0.717, 1.165) is 63.2 Å². The molecule has 0 radical (unpaired) electrons. The highest BCUT2D eigenvalue weighted by atomic mass is 16.6. The van der Waals surface area contributed by atoms with E-state index in [4.69, 9.17) is 9.72 Å². The summed E-state index contributed by atoms with van der Waals surface area (Å²) in [6, 6.07) is 13.0. The number of amides is 2. The molecule has 3 fully saturated rings. The van der Waals surface area contributed by atoms with Crippen LogP contribution in [0.3, 0.4) is 0 Å². The van der Waals surface area contributed by atoms with Crippen molar-refractivity contribution < 1.29 is 14.3 Å². The summed E-state index contributed by atoms with van der Waals surface area (Å²) in [7, 11) is 2.16. The predicted molar refractivity (Wildman–Crippen MR) is 158 cm³/mol. The minimum Gasteiger partial charge on any atom is -0.444 e. The number of benzene rings is 1. The van der Waals surface area contributed by atoms with Crippen LogP contribution in [-0.4, -0.2) is 78.8 Å². The summed E-state index contributed by atoms with van der Waals surface area (Å²) in [4.78, 5) is 37.1. The average Bonchev–Trinajstić information content (AvgIpc) is 3.18. The number of likely N-dealkylation sites (N-methyl/N-ethyl adjacent to an activating group) is 1. The maximum atomic E-state index is 13.0. The van der Waals surface area contributed by atoms with Gasteiger partial charge in [0.2, 0.25) is 0 Å². The van der Waals surface area contributed by atoms with Crippen LogP contribution in [0, 0.1) is 0 Å². The van der Waals surface area contributed by atoms with Crippen molar-refractivity contribution in [2.75, 3.05) is 43.0 Å². The van der Waals surface area contributed by atoms with Gasteiger partial charge in [0.15, 0.2) is 0 Å². The van der Waals surface area contributed by atoms with Gasteiger partial charge in [-0.15, -0.1) is 0 Å². The van der Waals surface area contributed by atoms with Gasteiger partial charge in [0.1, 0.15) is 11.4 Å². The van der Waals surface area contributed by atoms with Crippen LogP contribution >= 0.6 is 0 Å². The lowest BCUT2D eigenvalue weighted by atomic mass is 9.97. The fourth-order valence-electron chi connectivity index (χ4n) is 6.22. The van der Waals surface area contributed by atoms with Crippen LogP contribution in [0.5, 0.6) is 0 Å². The maximum Gasteiger partial charge on any atom is 0.407 e. The van der Waals surface area contributed by atoms with Crippen LogP contribution in [0.4, 0.5) is 16.3 Å². The molecule has 9 heteroatoms. The number of piperazine rings is 1. The van der Waals surface area contributed by atoms with Crippen molar-refractivity contribution in [2.45, 2.75) is 83.1 Å². The molecule has 216 valence electrons. The Morgan fingerprint density at radius 2 is 1.62 bits per heavy atom. The molecule has 3 saturated heterocycles. The van der Waals surface area contributed by atoms with Gasteiger partial charge in [0.05, 0.1) is 11.6 Å². The maximum absolute atomic E-state index is 13.0. The van der Waals surface area contributed by atoms with Crippen LogP contribution in [0.15, 0.2) is 42.6 Å². The zero-order chi connectivity index (χ0) is 28.4. The molecule has 3 aliphatic heterocycles. The van der Waals surface area contributed by atoms with E-state index in [-0.39, 0.29) is 24.1 Å². The number of nitrogens with one attached hydrogen (secondary N) is 2. The van der Waals surface area contributed by atoms with Gasteiger partial charge in [0, 0.05) is 56.2 Å². The van der Waals surface area contributed by atoms with E-state index in [1.165, 1.54) is 5.69 Å². The number of fused-ring (bicyclic) bond motifs is 2. The third-order valence-electron chi connectivity index (χ3n) is 8.34. The molecule has 0 saturated carbocycles. The number of hydrogen-bond donors (Lipinski definition) is 2. The first-order valence-corrected chi connectivity index (χ1v) is 14.6. The van der Waals surface area contributed by atoms with E-state index in [0.29, 0.717) is 17.6 Å². The summed E-state index contributed by atoms with van der Waals surface area (Å²) >= 11 is 0. The highest BCUT2D eigenvalue weighted by molar-refractivity contribution is 5.94. The Morgan fingerprint density at radius 1 is 0.975 bits per heavy atom. The number of nitrogens with zero attached hydrogens (tertiary/aromatic N) is 4. The molecule has 2 aromatic rings. The molecule has 2 N–H and O–H groups in total. The number of ether oxygens (including phenoxy) is 1. The van der Waals surface area contributed by atoms with E-state index < -0.39 is 5.60 Å². The highest BCUT2D eigenvalue weighted by Gasteiger charge is 2.42. The number of aromatic nitrogens is 1. The van der Waals surface area contributed by atoms with Gasteiger partial charge >= 0.3 is 6.09 Å². The molecule has 3 aliphatic rings. The minimum absolute atomic E-state index is 0.103. The lowest BCUT2D eigenvalue weighted by Gasteiger charge is -2.40. The quantitative estimate of drug-likeness (QED) is 0.555. The van der Waals surface area contributed by atoms with Crippen LogP contribution < -0.4 is 20.4 Å². The number of alkyl carbamates (subject to hydrolysis) is 1. The smallest absolute Gasteiger partial charge is 0.407 e. The molecule has 2 bridgehead atoms. The molecule has 2 unspecified atom stereocenters. The van der Waals surface area contributed by atoms with Crippen LogP contribution in [0.2, 0.25) is 0 Å². The van der Waals surface area contributed by atoms with Gasteiger partial charge in [-0.2, -0.15) is 0 Å². The number of anilines is 2. The molecular weight excluding hydrogens is 504 g/mol. The largest absolute Gasteiger partial charge is 0.444 e. The zero-order valence-electron chi connectivity index (χ0n) is 24.5. The number of piperidine rings is 1. The first kappa shape index (κ1) is 28.2. The van der Waals surface area contributed by atoms with Crippen molar-refractivity contribution in [3.05, 3.63) is 53.7 Å². The molecule has 40 heavy (non-hydrogen) atoms. The van der Waals surface area contributed by atoms with Gasteiger partial charge in [-0.1, -0.05) is 12.1 Å². The summed E-state index contributed by atoms with van der Waals surface area (Å²) in [5.74, 6) is 0.769. The van der Waals surface area contributed by atoms with Crippen LogP contribution in [0.25, 0.3) is 0 Å². The molecular formula is C31H44N6O3. The van der Waals surface area contributed by atoms with Gasteiger partial charge < -0.3 is 30.1 Å². The topological polar surface area (TPSA) is 90.0 Å². The van der Waals surface area contributed by atoms with E-state index >= 15 is 0 Å². The minimum atomic E-state index is -0.505. The number of carbonyl (C=O) groups excluding carboxylic acids is 2.